The number of hydrogen-bond acceptors (Lipinski definition) is 4. The molecule has 0 spiro atoms. The lowest BCUT2D eigenvalue weighted by Gasteiger charge is -2.20. The molecule has 0 atom stereocenters. The molecule has 2 aromatic carbocycles. The van der Waals surface area contributed by atoms with Gasteiger partial charge in [-0.3, -0.25) is 4.79 Å². The van der Waals surface area contributed by atoms with Crippen LogP contribution in [0.25, 0.3) is 0 Å². The van der Waals surface area contributed by atoms with E-state index in [2.05, 4.69) is 15.3 Å². The maximum absolute atomic E-state index is 12.8. The van der Waals surface area contributed by atoms with Crippen LogP contribution in [0.15, 0.2) is 67.0 Å². The van der Waals surface area contributed by atoms with E-state index < -0.39 is 0 Å². The Bertz CT molecular complexity index is 868. The molecule has 0 aliphatic heterocycles. The highest BCUT2D eigenvalue weighted by atomic mass is 35.5. The number of nitrogens with one attached hydrogen (secondary N) is 1. The van der Waals surface area contributed by atoms with Crippen molar-refractivity contribution in [1.29, 1.82) is 0 Å². The second kappa shape index (κ2) is 8.45. The molecule has 1 N–H and O–H groups in total. The number of carbonyl (C=O) groups excluding carboxylic acids is 1. The van der Waals surface area contributed by atoms with Gasteiger partial charge in [0.25, 0.3) is 5.91 Å². The van der Waals surface area contributed by atoms with Crippen molar-refractivity contribution in [2.24, 2.45) is 0 Å². The van der Waals surface area contributed by atoms with Crippen LogP contribution in [-0.2, 0) is 6.54 Å². The lowest BCUT2D eigenvalue weighted by atomic mass is 10.2. The van der Waals surface area contributed by atoms with Gasteiger partial charge in [0.15, 0.2) is 0 Å². The van der Waals surface area contributed by atoms with E-state index in [4.69, 9.17) is 11.6 Å². The Morgan fingerprint density at radius 1 is 1.08 bits per heavy atom. The summed E-state index contributed by atoms with van der Waals surface area (Å²) < 4.78 is 0. The molecule has 26 heavy (non-hydrogen) atoms. The first-order valence-electron chi connectivity index (χ1n) is 8.34. The first-order chi connectivity index (χ1) is 12.7. The molecule has 0 saturated heterocycles. The first kappa shape index (κ1) is 17.9. The molecular weight excluding hydrogens is 348 g/mol. The lowest BCUT2D eigenvalue weighted by molar-refractivity contribution is 0.0983. The maximum Gasteiger partial charge on any atom is 0.277 e. The van der Waals surface area contributed by atoms with Crippen molar-refractivity contribution in [3.8, 4) is 0 Å². The smallest absolute Gasteiger partial charge is 0.277 e. The van der Waals surface area contributed by atoms with Crippen LogP contribution in [0.5, 0.6) is 0 Å². The van der Waals surface area contributed by atoms with Crippen LogP contribution in [0.3, 0.4) is 0 Å². The van der Waals surface area contributed by atoms with Gasteiger partial charge in [-0.15, -0.1) is 0 Å². The van der Waals surface area contributed by atoms with E-state index in [0.29, 0.717) is 29.6 Å². The third-order valence-electron chi connectivity index (χ3n) is 3.90. The molecule has 1 amide bonds. The molecule has 3 rings (SSSR count). The van der Waals surface area contributed by atoms with Crippen molar-refractivity contribution in [3.05, 3.63) is 83.3 Å². The second-order valence-electron chi connectivity index (χ2n) is 5.65. The molecule has 5 nitrogen and oxygen atoms in total. The highest BCUT2D eigenvalue weighted by Crippen LogP contribution is 2.17. The number of hydrogen-bond donors (Lipinski definition) is 1. The molecule has 6 heteroatoms. The minimum absolute atomic E-state index is 0.157. The summed E-state index contributed by atoms with van der Waals surface area (Å²) in [6.45, 7) is 3.07. The van der Waals surface area contributed by atoms with Crippen LogP contribution in [0.2, 0.25) is 5.02 Å². The number of para-hydroxylation sites is 1. The SMILES string of the molecule is CCN(C(=O)c1cc(NCc2ccc(Cl)cc2)ncn1)c1ccccc1. The van der Waals surface area contributed by atoms with Gasteiger partial charge in [-0.25, -0.2) is 9.97 Å². The topological polar surface area (TPSA) is 58.1 Å². The van der Waals surface area contributed by atoms with Crippen LogP contribution >= 0.6 is 11.6 Å². The Morgan fingerprint density at radius 2 is 1.81 bits per heavy atom. The van der Waals surface area contributed by atoms with Gasteiger partial charge < -0.3 is 10.2 Å². The van der Waals surface area contributed by atoms with Crippen LogP contribution in [0.1, 0.15) is 23.0 Å². The molecule has 0 saturated carbocycles. The summed E-state index contributed by atoms with van der Waals surface area (Å²) in [6, 6.07) is 18.8. The zero-order chi connectivity index (χ0) is 18.4. The number of nitrogens with zero attached hydrogens (tertiary/aromatic N) is 3. The Hall–Kier alpha value is -2.92. The Kier molecular flexibility index (Phi) is 5.81. The highest BCUT2D eigenvalue weighted by molar-refractivity contribution is 6.30. The summed E-state index contributed by atoms with van der Waals surface area (Å²) in [5.41, 5.74) is 2.26. The standard InChI is InChI=1S/C20H19ClN4O/c1-2-25(17-6-4-3-5-7-17)20(26)18-12-19(24-14-23-18)22-13-15-8-10-16(21)11-9-15/h3-12,14H,2,13H2,1H3,(H,22,23,24). The maximum atomic E-state index is 12.8. The average molecular weight is 367 g/mol. The fraction of sp³-hybridized carbons (Fsp3) is 0.150. The van der Waals surface area contributed by atoms with Crippen molar-refractivity contribution >= 4 is 29.0 Å². The Labute approximate surface area is 157 Å². The monoisotopic (exact) mass is 366 g/mol. The van der Waals surface area contributed by atoms with Gasteiger partial charge in [-0.1, -0.05) is 41.9 Å². The molecular formula is C20H19ClN4O. The minimum atomic E-state index is -0.157. The van der Waals surface area contributed by atoms with Crippen molar-refractivity contribution in [2.45, 2.75) is 13.5 Å². The van der Waals surface area contributed by atoms with E-state index in [1.54, 1.807) is 11.0 Å². The summed E-state index contributed by atoms with van der Waals surface area (Å²) >= 11 is 5.90. The fourth-order valence-corrected chi connectivity index (χ4v) is 2.68. The van der Waals surface area contributed by atoms with E-state index in [-0.39, 0.29) is 5.91 Å². The number of rotatable bonds is 6. The van der Waals surface area contributed by atoms with Gasteiger partial charge in [0.05, 0.1) is 0 Å². The average Bonchev–Trinajstić information content (AvgIpc) is 2.69. The number of benzene rings is 2. The molecule has 0 fully saturated rings. The zero-order valence-electron chi connectivity index (χ0n) is 14.4. The summed E-state index contributed by atoms with van der Waals surface area (Å²) in [5, 5.41) is 3.91. The van der Waals surface area contributed by atoms with Crippen molar-refractivity contribution in [3.63, 3.8) is 0 Å². The van der Waals surface area contributed by atoms with Crippen LogP contribution < -0.4 is 10.2 Å². The first-order valence-corrected chi connectivity index (χ1v) is 8.72. The number of carbonyl (C=O) groups is 1. The number of anilines is 2. The predicted octanol–water partition coefficient (Wildman–Crippen LogP) is 4.41. The fourth-order valence-electron chi connectivity index (χ4n) is 2.56. The predicted molar refractivity (Wildman–Crippen MR) is 105 cm³/mol. The van der Waals surface area contributed by atoms with E-state index in [1.807, 2.05) is 61.5 Å². The summed E-state index contributed by atoms with van der Waals surface area (Å²) in [7, 11) is 0. The summed E-state index contributed by atoms with van der Waals surface area (Å²) in [6.07, 6.45) is 1.40. The van der Waals surface area contributed by atoms with E-state index in [1.165, 1.54) is 6.33 Å². The van der Waals surface area contributed by atoms with Crippen LogP contribution in [0, 0.1) is 0 Å². The quantitative estimate of drug-likeness (QED) is 0.702. The molecule has 0 aliphatic rings. The summed E-state index contributed by atoms with van der Waals surface area (Å²) in [4.78, 5) is 22.9. The highest BCUT2D eigenvalue weighted by Gasteiger charge is 2.17. The van der Waals surface area contributed by atoms with Crippen molar-refractivity contribution in [1.82, 2.24) is 9.97 Å². The van der Waals surface area contributed by atoms with Gasteiger partial charge in [0.2, 0.25) is 0 Å². The van der Waals surface area contributed by atoms with Gasteiger partial charge in [0, 0.05) is 29.9 Å². The molecule has 132 valence electrons. The third kappa shape index (κ3) is 4.37. The minimum Gasteiger partial charge on any atom is -0.366 e. The molecule has 0 bridgehead atoms. The Balaban J connectivity index is 1.73. The normalized spacial score (nSPS) is 10.4. The Morgan fingerprint density at radius 3 is 2.50 bits per heavy atom. The van der Waals surface area contributed by atoms with Crippen LogP contribution in [0.4, 0.5) is 11.5 Å². The van der Waals surface area contributed by atoms with E-state index in [9.17, 15) is 4.79 Å². The van der Waals surface area contributed by atoms with Gasteiger partial charge in [-0.2, -0.15) is 0 Å². The third-order valence-corrected chi connectivity index (χ3v) is 4.15. The largest absolute Gasteiger partial charge is 0.366 e. The number of aromatic nitrogens is 2. The number of halogens is 1. The second-order valence-corrected chi connectivity index (χ2v) is 6.09. The zero-order valence-corrected chi connectivity index (χ0v) is 15.1. The van der Waals surface area contributed by atoms with E-state index >= 15 is 0 Å². The molecule has 0 radical (unpaired) electrons. The van der Waals surface area contributed by atoms with E-state index in [0.717, 1.165) is 11.3 Å². The van der Waals surface area contributed by atoms with Gasteiger partial charge in [0.1, 0.15) is 17.8 Å². The van der Waals surface area contributed by atoms with Gasteiger partial charge >= 0.3 is 0 Å². The van der Waals surface area contributed by atoms with Gasteiger partial charge in [-0.05, 0) is 36.8 Å². The van der Waals surface area contributed by atoms with Crippen LogP contribution in [-0.4, -0.2) is 22.4 Å². The molecule has 0 aliphatic carbocycles. The number of amides is 1. The molecule has 0 unspecified atom stereocenters. The molecule has 1 heterocycles. The molecule has 3 aromatic rings. The lowest BCUT2D eigenvalue weighted by Crippen LogP contribution is -2.31. The van der Waals surface area contributed by atoms with Crippen molar-refractivity contribution in [2.75, 3.05) is 16.8 Å². The summed E-state index contributed by atoms with van der Waals surface area (Å²) in [5.74, 6) is 0.443. The van der Waals surface area contributed by atoms with Crippen molar-refractivity contribution < 1.29 is 4.79 Å². The molecule has 1 aromatic heterocycles.